The minimum absolute atomic E-state index is 0.0618. The molecule has 0 spiro atoms. The van der Waals surface area contributed by atoms with Crippen LogP contribution in [0.4, 0.5) is 10.1 Å². The van der Waals surface area contributed by atoms with E-state index < -0.39 is 5.97 Å². The molecule has 1 amide bonds. The predicted molar refractivity (Wildman–Crippen MR) is 99.2 cm³/mol. The Kier molecular flexibility index (Phi) is 4.38. The summed E-state index contributed by atoms with van der Waals surface area (Å²) in [6, 6.07) is 10.9. The molecule has 0 fully saturated rings. The maximum atomic E-state index is 13.1. The van der Waals surface area contributed by atoms with Crippen LogP contribution in [0.3, 0.4) is 0 Å². The number of hydrogen-bond acceptors (Lipinski definition) is 5. The Hall–Kier alpha value is -3.55. The number of nitrogens with zero attached hydrogens (tertiary/aromatic N) is 4. The Morgan fingerprint density at radius 3 is 2.61 bits per heavy atom. The highest BCUT2D eigenvalue weighted by molar-refractivity contribution is 6.05. The number of anilines is 1. The first kappa shape index (κ1) is 17.8. The second kappa shape index (κ2) is 6.88. The zero-order valence-corrected chi connectivity index (χ0v) is 15.3. The van der Waals surface area contributed by atoms with Gasteiger partial charge in [-0.05, 0) is 61.4 Å². The van der Waals surface area contributed by atoms with Crippen LogP contribution >= 0.6 is 0 Å². The molecule has 0 radical (unpaired) electrons. The molecule has 142 valence electrons. The van der Waals surface area contributed by atoms with Crippen LogP contribution in [0.5, 0.6) is 0 Å². The normalized spacial score (nSPS) is 12.8. The number of ether oxygens (including phenoxy) is 1. The zero-order chi connectivity index (χ0) is 19.8. The van der Waals surface area contributed by atoms with Crippen molar-refractivity contribution in [3.63, 3.8) is 0 Å². The molecule has 28 heavy (non-hydrogen) atoms. The maximum Gasteiger partial charge on any atom is 0.337 e. The number of halogens is 1. The van der Waals surface area contributed by atoms with Crippen LogP contribution in [-0.2, 0) is 11.2 Å². The molecule has 4 rings (SSSR count). The molecule has 2 heterocycles. The third-order valence-electron chi connectivity index (χ3n) is 4.67. The molecule has 0 unspecified atom stereocenters. The maximum absolute atomic E-state index is 13.1. The van der Waals surface area contributed by atoms with Crippen molar-refractivity contribution in [1.29, 1.82) is 0 Å². The number of esters is 1. The van der Waals surface area contributed by atoms with E-state index in [-0.39, 0.29) is 17.5 Å². The highest BCUT2D eigenvalue weighted by atomic mass is 19.1. The van der Waals surface area contributed by atoms with E-state index in [9.17, 15) is 14.0 Å². The van der Waals surface area contributed by atoms with Crippen LogP contribution in [0.2, 0.25) is 0 Å². The Labute approximate surface area is 160 Å². The average Bonchev–Trinajstić information content (AvgIpc) is 3.30. The zero-order valence-electron chi connectivity index (χ0n) is 15.3. The third-order valence-corrected chi connectivity index (χ3v) is 4.67. The van der Waals surface area contributed by atoms with E-state index >= 15 is 0 Å². The number of amides is 1. The van der Waals surface area contributed by atoms with E-state index in [1.807, 2.05) is 0 Å². The van der Waals surface area contributed by atoms with E-state index in [4.69, 9.17) is 4.74 Å². The summed E-state index contributed by atoms with van der Waals surface area (Å²) in [6.45, 7) is 2.20. The molecular weight excluding hydrogens is 363 g/mol. The Morgan fingerprint density at radius 1 is 1.14 bits per heavy atom. The van der Waals surface area contributed by atoms with E-state index in [1.54, 1.807) is 42.2 Å². The van der Waals surface area contributed by atoms with Crippen molar-refractivity contribution in [3.8, 4) is 5.69 Å². The monoisotopic (exact) mass is 380 g/mol. The number of benzene rings is 2. The fourth-order valence-corrected chi connectivity index (χ4v) is 3.29. The van der Waals surface area contributed by atoms with E-state index in [1.165, 1.54) is 23.9 Å². The van der Waals surface area contributed by atoms with Gasteiger partial charge in [-0.25, -0.2) is 18.9 Å². The van der Waals surface area contributed by atoms with Crippen LogP contribution in [0.1, 0.15) is 32.4 Å². The first-order chi connectivity index (χ1) is 13.5. The molecule has 3 aromatic rings. The number of carbonyl (C=O) groups excluding carboxylic acids is 2. The molecule has 1 aromatic heterocycles. The second-order valence-corrected chi connectivity index (χ2v) is 6.41. The van der Waals surface area contributed by atoms with Crippen molar-refractivity contribution in [2.75, 3.05) is 18.6 Å². The summed E-state index contributed by atoms with van der Waals surface area (Å²) in [4.78, 5) is 30.5. The molecule has 8 heteroatoms. The molecule has 2 aromatic carbocycles. The lowest BCUT2D eigenvalue weighted by Gasteiger charge is -2.15. The van der Waals surface area contributed by atoms with Gasteiger partial charge in [0.25, 0.3) is 5.91 Å². The van der Waals surface area contributed by atoms with E-state index in [2.05, 4.69) is 10.1 Å². The Balaban J connectivity index is 1.63. The van der Waals surface area contributed by atoms with Gasteiger partial charge >= 0.3 is 5.97 Å². The molecule has 0 saturated carbocycles. The smallest absolute Gasteiger partial charge is 0.337 e. The topological polar surface area (TPSA) is 77.3 Å². The number of fused-ring (bicyclic) bond motifs is 1. The average molecular weight is 380 g/mol. The molecular formula is C20H17FN4O3. The van der Waals surface area contributed by atoms with Gasteiger partial charge in [-0.1, -0.05) is 0 Å². The lowest BCUT2D eigenvalue weighted by Crippen LogP contribution is -2.30. The predicted octanol–water partition coefficient (Wildman–Crippen LogP) is 2.70. The first-order valence-electron chi connectivity index (χ1n) is 8.70. The lowest BCUT2D eigenvalue weighted by atomic mass is 10.1. The summed E-state index contributed by atoms with van der Waals surface area (Å²) >= 11 is 0. The number of rotatable bonds is 3. The van der Waals surface area contributed by atoms with Crippen molar-refractivity contribution >= 4 is 17.6 Å². The summed E-state index contributed by atoms with van der Waals surface area (Å²) < 4.78 is 19.4. The van der Waals surface area contributed by atoms with Gasteiger partial charge in [-0.2, -0.15) is 0 Å². The van der Waals surface area contributed by atoms with Gasteiger partial charge in [0.1, 0.15) is 11.6 Å². The lowest BCUT2D eigenvalue weighted by molar-refractivity contribution is 0.0600. The molecule has 0 atom stereocenters. The fourth-order valence-electron chi connectivity index (χ4n) is 3.29. The van der Waals surface area contributed by atoms with Crippen molar-refractivity contribution in [2.45, 2.75) is 13.3 Å². The molecule has 0 N–H and O–H groups in total. The highest BCUT2D eigenvalue weighted by Gasteiger charge is 2.29. The van der Waals surface area contributed by atoms with Gasteiger partial charge in [0.2, 0.25) is 5.82 Å². The number of methoxy groups -OCH3 is 1. The van der Waals surface area contributed by atoms with Crippen LogP contribution in [0.15, 0.2) is 42.5 Å². The van der Waals surface area contributed by atoms with Crippen molar-refractivity contribution in [3.05, 3.63) is 71.1 Å². The summed E-state index contributed by atoms with van der Waals surface area (Å²) in [5.41, 5.74) is 2.69. The molecule has 7 nitrogen and oxygen atoms in total. The summed E-state index contributed by atoms with van der Waals surface area (Å²) in [7, 11) is 1.33. The van der Waals surface area contributed by atoms with Gasteiger partial charge in [-0.3, -0.25) is 4.79 Å². The number of aromatic nitrogens is 3. The summed E-state index contributed by atoms with van der Waals surface area (Å²) in [6.07, 6.45) is 0.629. The standard InChI is InChI=1S/C20H17FN4O3/c1-12-22-18(23-25(12)16-6-4-15(21)5-7-16)19(26)24-10-9-13-11-14(20(27)28-2)3-8-17(13)24/h3-8,11H,9-10H2,1-2H3. The highest BCUT2D eigenvalue weighted by Crippen LogP contribution is 2.30. The Morgan fingerprint density at radius 2 is 1.89 bits per heavy atom. The molecule has 1 aliphatic rings. The fraction of sp³-hybridized carbons (Fsp3) is 0.200. The van der Waals surface area contributed by atoms with Crippen molar-refractivity contribution in [1.82, 2.24) is 14.8 Å². The number of hydrogen-bond donors (Lipinski definition) is 0. The summed E-state index contributed by atoms with van der Waals surface area (Å²) in [5, 5.41) is 4.30. The first-order valence-corrected chi connectivity index (χ1v) is 8.70. The van der Waals surface area contributed by atoms with Crippen molar-refractivity contribution in [2.24, 2.45) is 0 Å². The van der Waals surface area contributed by atoms with E-state index in [0.29, 0.717) is 30.0 Å². The van der Waals surface area contributed by atoms with Gasteiger partial charge < -0.3 is 9.64 Å². The van der Waals surface area contributed by atoms with Crippen LogP contribution in [0, 0.1) is 12.7 Å². The van der Waals surface area contributed by atoms with Crippen LogP contribution < -0.4 is 4.90 Å². The number of carbonyl (C=O) groups is 2. The van der Waals surface area contributed by atoms with E-state index in [0.717, 1.165) is 11.3 Å². The quantitative estimate of drug-likeness (QED) is 0.653. The van der Waals surface area contributed by atoms with Gasteiger partial charge in [0.15, 0.2) is 0 Å². The van der Waals surface area contributed by atoms with Crippen molar-refractivity contribution < 1.29 is 18.7 Å². The SMILES string of the molecule is COC(=O)c1ccc2c(c1)CCN2C(=O)c1nc(C)n(-c2ccc(F)cc2)n1. The second-order valence-electron chi connectivity index (χ2n) is 6.41. The number of aryl methyl sites for hydroxylation is 1. The molecule has 0 bridgehead atoms. The van der Waals surface area contributed by atoms with Gasteiger partial charge in [0.05, 0.1) is 18.4 Å². The largest absolute Gasteiger partial charge is 0.465 e. The van der Waals surface area contributed by atoms with Gasteiger partial charge in [0, 0.05) is 12.2 Å². The third kappa shape index (κ3) is 3.02. The summed E-state index contributed by atoms with van der Waals surface area (Å²) in [5.74, 6) is -0.503. The minimum atomic E-state index is -0.414. The molecule has 0 aliphatic carbocycles. The molecule has 0 saturated heterocycles. The minimum Gasteiger partial charge on any atom is -0.465 e. The van der Waals surface area contributed by atoms with Crippen LogP contribution in [-0.4, -0.2) is 40.3 Å². The molecule has 1 aliphatic heterocycles. The van der Waals surface area contributed by atoms with Gasteiger partial charge in [-0.15, -0.1) is 5.10 Å². The Bertz CT molecular complexity index is 1080. The van der Waals surface area contributed by atoms with Crippen LogP contribution in [0.25, 0.3) is 5.69 Å².